The average molecular weight is 346 g/mol. The minimum atomic E-state index is -0.873. The van der Waals surface area contributed by atoms with Crippen LogP contribution in [0.4, 0.5) is 5.69 Å². The minimum absolute atomic E-state index is 0.568. The van der Waals surface area contributed by atoms with Gasteiger partial charge in [-0.3, -0.25) is 9.78 Å². The van der Waals surface area contributed by atoms with E-state index >= 15 is 0 Å². The summed E-state index contributed by atoms with van der Waals surface area (Å²) in [6.45, 7) is 1.66. The number of carbonyl (C=O) groups is 1. The summed E-state index contributed by atoms with van der Waals surface area (Å²) in [5.74, 6) is -1.52. The molecule has 1 unspecified atom stereocenters. The summed E-state index contributed by atoms with van der Waals surface area (Å²) in [7, 11) is 4.03. The van der Waals surface area contributed by atoms with Crippen LogP contribution in [0.3, 0.4) is 0 Å². The zero-order valence-electron chi connectivity index (χ0n) is 15.2. The molecule has 0 fully saturated rings. The molecule has 1 heterocycles. The molecule has 0 aliphatic heterocycles. The zero-order chi connectivity index (χ0) is 18.7. The summed E-state index contributed by atoms with van der Waals surface area (Å²) < 4.78 is 0. The predicted molar refractivity (Wildman–Crippen MR) is 107 cm³/mol. The second-order valence-electron chi connectivity index (χ2n) is 6.53. The third kappa shape index (κ3) is 3.75. The van der Waals surface area contributed by atoms with Crippen molar-refractivity contribution in [3.8, 4) is 0 Å². The molecule has 3 aromatic rings. The highest BCUT2D eigenvalue weighted by Crippen LogP contribution is 2.25. The Kier molecular flexibility index (Phi) is 5.03. The Hall–Kier alpha value is -3.14. The molecule has 1 atom stereocenters. The van der Waals surface area contributed by atoms with Gasteiger partial charge in [0, 0.05) is 25.2 Å². The van der Waals surface area contributed by atoms with E-state index < -0.39 is 11.9 Å². The van der Waals surface area contributed by atoms with Crippen LogP contribution in [0.15, 0.2) is 54.6 Å². The lowest BCUT2D eigenvalue weighted by Crippen LogP contribution is -2.09. The largest absolute Gasteiger partial charge is 0.481 e. The fourth-order valence-electron chi connectivity index (χ4n) is 2.78. The van der Waals surface area contributed by atoms with E-state index in [2.05, 4.69) is 34.1 Å². The van der Waals surface area contributed by atoms with Gasteiger partial charge in [0.25, 0.3) is 0 Å². The van der Waals surface area contributed by atoms with Gasteiger partial charge >= 0.3 is 5.97 Å². The van der Waals surface area contributed by atoms with Gasteiger partial charge in [0.2, 0.25) is 0 Å². The van der Waals surface area contributed by atoms with E-state index in [1.807, 2.05) is 56.6 Å². The quantitative estimate of drug-likeness (QED) is 0.730. The number of carboxylic acids is 1. The van der Waals surface area contributed by atoms with Crippen LogP contribution in [0, 0.1) is 0 Å². The van der Waals surface area contributed by atoms with Gasteiger partial charge in [-0.2, -0.15) is 0 Å². The SMILES string of the molecule is CC(C(=O)O)c1cc(/C=C/c2ccc(N(C)C)cc2)c2ccccc2n1. The van der Waals surface area contributed by atoms with Gasteiger partial charge in [-0.05, 0) is 42.3 Å². The Labute approximate surface area is 153 Å². The first-order valence-electron chi connectivity index (χ1n) is 8.53. The van der Waals surface area contributed by atoms with Crippen molar-refractivity contribution in [2.45, 2.75) is 12.8 Å². The van der Waals surface area contributed by atoms with E-state index in [9.17, 15) is 9.90 Å². The summed E-state index contributed by atoms with van der Waals surface area (Å²) in [5, 5.41) is 10.3. The molecule has 0 bridgehead atoms. The Morgan fingerprint density at radius 3 is 2.42 bits per heavy atom. The number of hydrogen-bond acceptors (Lipinski definition) is 3. The van der Waals surface area contributed by atoms with Crippen molar-refractivity contribution < 1.29 is 9.90 Å². The fourth-order valence-corrected chi connectivity index (χ4v) is 2.78. The van der Waals surface area contributed by atoms with Crippen LogP contribution in [-0.2, 0) is 4.79 Å². The first-order valence-corrected chi connectivity index (χ1v) is 8.53. The van der Waals surface area contributed by atoms with Crippen molar-refractivity contribution in [1.82, 2.24) is 4.98 Å². The van der Waals surface area contributed by atoms with Crippen molar-refractivity contribution in [2.24, 2.45) is 0 Å². The molecule has 1 N–H and O–H groups in total. The standard InChI is InChI=1S/C22H22N2O2/c1-15(22(25)26)21-14-17(19-6-4-5-7-20(19)23-21)11-8-16-9-12-18(13-10-16)24(2)3/h4-15H,1-3H3,(H,25,26)/b11-8+. The van der Waals surface area contributed by atoms with Crippen LogP contribution < -0.4 is 4.90 Å². The number of nitrogens with zero attached hydrogens (tertiary/aromatic N) is 2. The maximum absolute atomic E-state index is 11.4. The molecule has 26 heavy (non-hydrogen) atoms. The number of aliphatic carboxylic acids is 1. The topological polar surface area (TPSA) is 53.4 Å². The molecule has 0 saturated heterocycles. The number of pyridine rings is 1. The number of para-hydroxylation sites is 1. The lowest BCUT2D eigenvalue weighted by Gasteiger charge is -2.12. The van der Waals surface area contributed by atoms with E-state index in [-0.39, 0.29) is 0 Å². The van der Waals surface area contributed by atoms with E-state index in [4.69, 9.17) is 0 Å². The first-order chi connectivity index (χ1) is 12.5. The third-order valence-corrected chi connectivity index (χ3v) is 4.45. The zero-order valence-corrected chi connectivity index (χ0v) is 15.2. The number of aromatic nitrogens is 1. The molecule has 0 aliphatic rings. The molecule has 0 aliphatic carbocycles. The molecule has 2 aromatic carbocycles. The summed E-state index contributed by atoms with van der Waals surface area (Å²) in [4.78, 5) is 17.9. The Morgan fingerprint density at radius 1 is 1.08 bits per heavy atom. The molecular weight excluding hydrogens is 324 g/mol. The van der Waals surface area contributed by atoms with Crippen LogP contribution in [0.25, 0.3) is 23.1 Å². The van der Waals surface area contributed by atoms with Gasteiger partial charge in [0.1, 0.15) is 0 Å². The number of anilines is 1. The Balaban J connectivity index is 2.01. The van der Waals surface area contributed by atoms with Crippen molar-refractivity contribution in [1.29, 1.82) is 0 Å². The van der Waals surface area contributed by atoms with Crippen molar-refractivity contribution in [3.05, 3.63) is 71.4 Å². The molecule has 0 saturated carbocycles. The predicted octanol–water partition coefficient (Wildman–Crippen LogP) is 4.66. The summed E-state index contributed by atoms with van der Waals surface area (Å²) >= 11 is 0. The minimum Gasteiger partial charge on any atom is -0.481 e. The molecule has 132 valence electrons. The molecule has 4 heteroatoms. The fraction of sp³-hybridized carbons (Fsp3) is 0.182. The highest BCUT2D eigenvalue weighted by molar-refractivity contribution is 5.91. The van der Waals surface area contributed by atoms with Gasteiger partial charge in [-0.25, -0.2) is 0 Å². The van der Waals surface area contributed by atoms with Gasteiger partial charge in [0.15, 0.2) is 0 Å². The van der Waals surface area contributed by atoms with Gasteiger partial charge < -0.3 is 10.0 Å². The van der Waals surface area contributed by atoms with Crippen LogP contribution >= 0.6 is 0 Å². The lowest BCUT2D eigenvalue weighted by atomic mass is 10.0. The van der Waals surface area contributed by atoms with Crippen molar-refractivity contribution in [2.75, 3.05) is 19.0 Å². The third-order valence-electron chi connectivity index (χ3n) is 4.45. The molecule has 3 rings (SSSR count). The van der Waals surface area contributed by atoms with Crippen LogP contribution in [0.2, 0.25) is 0 Å². The molecular formula is C22H22N2O2. The average Bonchev–Trinajstić information content (AvgIpc) is 2.65. The van der Waals surface area contributed by atoms with Gasteiger partial charge in [-0.1, -0.05) is 42.5 Å². The van der Waals surface area contributed by atoms with E-state index in [0.717, 1.165) is 27.7 Å². The van der Waals surface area contributed by atoms with Crippen LogP contribution in [-0.4, -0.2) is 30.2 Å². The smallest absolute Gasteiger partial charge is 0.312 e. The van der Waals surface area contributed by atoms with Crippen LogP contribution in [0.5, 0.6) is 0 Å². The Bertz CT molecular complexity index is 960. The monoisotopic (exact) mass is 346 g/mol. The summed E-state index contributed by atoms with van der Waals surface area (Å²) in [5.41, 5.74) is 4.58. The number of benzene rings is 2. The summed E-state index contributed by atoms with van der Waals surface area (Å²) in [6, 6.07) is 17.9. The number of hydrogen-bond donors (Lipinski definition) is 1. The molecule has 4 nitrogen and oxygen atoms in total. The molecule has 1 aromatic heterocycles. The van der Waals surface area contributed by atoms with Crippen molar-refractivity contribution in [3.63, 3.8) is 0 Å². The Morgan fingerprint density at radius 2 is 1.77 bits per heavy atom. The maximum atomic E-state index is 11.4. The highest BCUT2D eigenvalue weighted by atomic mass is 16.4. The second kappa shape index (κ2) is 7.40. The van der Waals surface area contributed by atoms with Crippen molar-refractivity contribution >= 4 is 34.7 Å². The number of rotatable bonds is 5. The van der Waals surface area contributed by atoms with E-state index in [0.29, 0.717) is 5.69 Å². The van der Waals surface area contributed by atoms with Gasteiger partial charge in [0.05, 0.1) is 17.1 Å². The second-order valence-corrected chi connectivity index (χ2v) is 6.53. The van der Waals surface area contributed by atoms with E-state index in [1.54, 1.807) is 6.92 Å². The molecule has 0 radical (unpaired) electrons. The number of carboxylic acid groups (broad SMARTS) is 1. The summed E-state index contributed by atoms with van der Waals surface area (Å²) in [6.07, 6.45) is 4.06. The molecule has 0 amide bonds. The number of fused-ring (bicyclic) bond motifs is 1. The van der Waals surface area contributed by atoms with E-state index in [1.165, 1.54) is 0 Å². The highest BCUT2D eigenvalue weighted by Gasteiger charge is 2.16. The first kappa shape index (κ1) is 17.7. The molecule has 0 spiro atoms. The lowest BCUT2D eigenvalue weighted by molar-refractivity contribution is -0.138. The van der Waals surface area contributed by atoms with Crippen LogP contribution in [0.1, 0.15) is 29.7 Å². The normalized spacial score (nSPS) is 12.4. The van der Waals surface area contributed by atoms with Gasteiger partial charge in [-0.15, -0.1) is 0 Å². The maximum Gasteiger partial charge on any atom is 0.312 e.